The molecule has 0 saturated carbocycles. The standard InChI is InChI=1S/C22H23N3O/c1-15-5-9-19(10-6-15)22(26)24-23-14-20-13-17(3)25(18(20)4)21-11-7-16(2)8-12-21/h5-14H,1-4H3,(H,24,26)/b23-14-. The van der Waals surface area contributed by atoms with Crippen molar-refractivity contribution in [1.82, 2.24) is 9.99 Å². The average molecular weight is 345 g/mol. The monoisotopic (exact) mass is 345 g/mol. The molecule has 1 amide bonds. The number of aryl methyl sites for hydroxylation is 3. The Labute approximate surface area is 154 Å². The molecule has 0 aliphatic rings. The first-order valence-electron chi connectivity index (χ1n) is 8.62. The molecule has 3 aromatic rings. The number of nitrogens with one attached hydrogen (secondary N) is 1. The summed E-state index contributed by atoms with van der Waals surface area (Å²) in [7, 11) is 0. The van der Waals surface area contributed by atoms with Crippen molar-refractivity contribution in [1.29, 1.82) is 0 Å². The highest BCUT2D eigenvalue weighted by Gasteiger charge is 2.09. The maximum atomic E-state index is 12.1. The third-order valence-electron chi connectivity index (χ3n) is 4.45. The van der Waals surface area contributed by atoms with Gasteiger partial charge in [0.05, 0.1) is 6.21 Å². The van der Waals surface area contributed by atoms with E-state index in [1.165, 1.54) is 5.56 Å². The zero-order chi connectivity index (χ0) is 18.7. The van der Waals surface area contributed by atoms with Gasteiger partial charge in [0.1, 0.15) is 0 Å². The summed E-state index contributed by atoms with van der Waals surface area (Å²) >= 11 is 0. The Kier molecular flexibility index (Phi) is 5.03. The van der Waals surface area contributed by atoms with Gasteiger partial charge in [0, 0.05) is 28.2 Å². The van der Waals surface area contributed by atoms with Crippen LogP contribution in [0, 0.1) is 27.7 Å². The topological polar surface area (TPSA) is 46.4 Å². The molecule has 0 saturated heterocycles. The Morgan fingerprint density at radius 1 is 0.923 bits per heavy atom. The summed E-state index contributed by atoms with van der Waals surface area (Å²) < 4.78 is 2.18. The van der Waals surface area contributed by atoms with Crippen LogP contribution in [0.3, 0.4) is 0 Å². The smallest absolute Gasteiger partial charge is 0.271 e. The van der Waals surface area contributed by atoms with Crippen LogP contribution < -0.4 is 5.43 Å². The number of nitrogens with zero attached hydrogens (tertiary/aromatic N) is 2. The lowest BCUT2D eigenvalue weighted by Crippen LogP contribution is -2.17. The van der Waals surface area contributed by atoms with Crippen molar-refractivity contribution in [2.45, 2.75) is 27.7 Å². The van der Waals surface area contributed by atoms with Crippen LogP contribution in [0.5, 0.6) is 0 Å². The van der Waals surface area contributed by atoms with Crippen molar-refractivity contribution >= 4 is 12.1 Å². The summed E-state index contributed by atoms with van der Waals surface area (Å²) in [6, 6.07) is 17.9. The predicted octanol–water partition coefficient (Wildman–Crippen LogP) is 4.47. The van der Waals surface area contributed by atoms with Gasteiger partial charge in [0.2, 0.25) is 0 Å². The summed E-state index contributed by atoms with van der Waals surface area (Å²) in [6.07, 6.45) is 1.69. The largest absolute Gasteiger partial charge is 0.318 e. The molecule has 0 unspecified atom stereocenters. The number of carbonyl (C=O) groups is 1. The van der Waals surface area contributed by atoms with Gasteiger partial charge in [-0.1, -0.05) is 35.4 Å². The van der Waals surface area contributed by atoms with Gasteiger partial charge in [-0.15, -0.1) is 0 Å². The van der Waals surface area contributed by atoms with E-state index < -0.39 is 0 Å². The van der Waals surface area contributed by atoms with Gasteiger partial charge >= 0.3 is 0 Å². The van der Waals surface area contributed by atoms with Crippen LogP contribution in [-0.2, 0) is 0 Å². The molecule has 0 atom stereocenters. The average Bonchev–Trinajstić information content (AvgIpc) is 2.90. The third-order valence-corrected chi connectivity index (χ3v) is 4.45. The van der Waals surface area contributed by atoms with E-state index in [0.717, 1.165) is 28.2 Å². The van der Waals surface area contributed by atoms with Gasteiger partial charge in [-0.3, -0.25) is 4.79 Å². The summed E-state index contributed by atoms with van der Waals surface area (Å²) in [4.78, 5) is 12.1. The van der Waals surface area contributed by atoms with Gasteiger partial charge in [-0.05, 0) is 58.0 Å². The minimum atomic E-state index is -0.214. The number of aromatic nitrogens is 1. The zero-order valence-corrected chi connectivity index (χ0v) is 15.6. The molecule has 1 aromatic heterocycles. The van der Waals surface area contributed by atoms with Crippen molar-refractivity contribution in [3.63, 3.8) is 0 Å². The van der Waals surface area contributed by atoms with Crippen LogP contribution in [0.2, 0.25) is 0 Å². The van der Waals surface area contributed by atoms with Crippen molar-refractivity contribution in [2.75, 3.05) is 0 Å². The van der Waals surface area contributed by atoms with Crippen molar-refractivity contribution in [2.24, 2.45) is 5.10 Å². The summed E-state index contributed by atoms with van der Waals surface area (Å²) in [6.45, 7) is 8.18. The number of hydrazone groups is 1. The Bertz CT molecular complexity index is 948. The van der Waals surface area contributed by atoms with E-state index in [4.69, 9.17) is 0 Å². The molecule has 4 nitrogen and oxygen atoms in total. The van der Waals surface area contributed by atoms with Crippen molar-refractivity contribution in [3.8, 4) is 5.69 Å². The highest BCUT2D eigenvalue weighted by molar-refractivity contribution is 5.95. The molecule has 0 aliphatic heterocycles. The van der Waals surface area contributed by atoms with E-state index in [1.54, 1.807) is 18.3 Å². The number of hydrogen-bond acceptors (Lipinski definition) is 2. The lowest BCUT2D eigenvalue weighted by molar-refractivity contribution is 0.0955. The number of amides is 1. The SMILES string of the molecule is Cc1ccc(C(=O)N/N=C\c2cc(C)n(-c3ccc(C)cc3)c2C)cc1. The first-order valence-corrected chi connectivity index (χ1v) is 8.62. The van der Waals surface area contributed by atoms with Gasteiger partial charge in [-0.2, -0.15) is 5.10 Å². The van der Waals surface area contributed by atoms with E-state index >= 15 is 0 Å². The molecule has 0 radical (unpaired) electrons. The molecule has 0 aliphatic carbocycles. The van der Waals surface area contributed by atoms with Crippen LogP contribution in [0.1, 0.15) is 38.4 Å². The fourth-order valence-electron chi connectivity index (χ4n) is 2.94. The van der Waals surface area contributed by atoms with E-state index in [1.807, 2.05) is 19.1 Å². The van der Waals surface area contributed by atoms with Crippen LogP contribution in [0.15, 0.2) is 59.7 Å². The second-order valence-electron chi connectivity index (χ2n) is 6.56. The molecule has 3 rings (SSSR count). The van der Waals surface area contributed by atoms with Crippen molar-refractivity contribution in [3.05, 3.63) is 88.2 Å². The summed E-state index contributed by atoms with van der Waals surface area (Å²) in [5.41, 5.74) is 9.84. The second kappa shape index (κ2) is 7.40. The summed E-state index contributed by atoms with van der Waals surface area (Å²) in [5, 5.41) is 4.13. The Morgan fingerprint density at radius 3 is 2.12 bits per heavy atom. The van der Waals surface area contributed by atoms with Crippen LogP contribution >= 0.6 is 0 Å². The molecular formula is C22H23N3O. The molecule has 0 spiro atoms. The minimum Gasteiger partial charge on any atom is -0.318 e. The van der Waals surface area contributed by atoms with E-state index in [9.17, 15) is 4.79 Å². The summed E-state index contributed by atoms with van der Waals surface area (Å²) in [5.74, 6) is -0.214. The van der Waals surface area contributed by atoms with Gasteiger partial charge in [0.25, 0.3) is 5.91 Å². The Balaban J connectivity index is 1.77. The number of hydrogen-bond donors (Lipinski definition) is 1. The van der Waals surface area contributed by atoms with Gasteiger partial charge < -0.3 is 4.57 Å². The quantitative estimate of drug-likeness (QED) is 0.550. The second-order valence-corrected chi connectivity index (χ2v) is 6.56. The molecular weight excluding hydrogens is 322 g/mol. The number of carbonyl (C=O) groups excluding carboxylic acids is 1. The van der Waals surface area contributed by atoms with Gasteiger partial charge in [-0.25, -0.2) is 5.43 Å². The fourth-order valence-corrected chi connectivity index (χ4v) is 2.94. The van der Waals surface area contributed by atoms with Gasteiger partial charge in [0.15, 0.2) is 0 Å². The van der Waals surface area contributed by atoms with E-state index in [0.29, 0.717) is 5.56 Å². The fraction of sp³-hybridized carbons (Fsp3) is 0.182. The molecule has 26 heavy (non-hydrogen) atoms. The highest BCUT2D eigenvalue weighted by atomic mass is 16.2. The van der Waals surface area contributed by atoms with E-state index in [2.05, 4.69) is 66.2 Å². The normalized spacial score (nSPS) is 11.1. The molecule has 132 valence electrons. The number of benzene rings is 2. The molecule has 2 aromatic carbocycles. The molecule has 0 bridgehead atoms. The van der Waals surface area contributed by atoms with Crippen molar-refractivity contribution < 1.29 is 4.79 Å². The first kappa shape index (κ1) is 17.7. The van der Waals surface area contributed by atoms with E-state index in [-0.39, 0.29) is 5.91 Å². The van der Waals surface area contributed by atoms with Crippen LogP contribution in [0.4, 0.5) is 0 Å². The zero-order valence-electron chi connectivity index (χ0n) is 15.6. The third kappa shape index (κ3) is 3.75. The number of rotatable bonds is 4. The van der Waals surface area contributed by atoms with Crippen LogP contribution in [0.25, 0.3) is 5.69 Å². The lowest BCUT2D eigenvalue weighted by atomic mass is 10.1. The molecule has 4 heteroatoms. The molecule has 1 heterocycles. The Hall–Kier alpha value is -3.14. The minimum absolute atomic E-state index is 0.214. The first-order chi connectivity index (χ1) is 12.5. The predicted molar refractivity (Wildman–Crippen MR) is 106 cm³/mol. The lowest BCUT2D eigenvalue weighted by Gasteiger charge is -2.09. The van der Waals surface area contributed by atoms with Crippen LogP contribution in [-0.4, -0.2) is 16.7 Å². The maximum absolute atomic E-state index is 12.1. The molecule has 0 fully saturated rings. The highest BCUT2D eigenvalue weighted by Crippen LogP contribution is 2.20. The Morgan fingerprint density at radius 2 is 1.50 bits per heavy atom. The maximum Gasteiger partial charge on any atom is 0.271 e. The molecule has 1 N–H and O–H groups in total.